The van der Waals surface area contributed by atoms with Crippen LogP contribution in [0.5, 0.6) is 0 Å². The van der Waals surface area contributed by atoms with Crippen LogP contribution >= 0.6 is 9.24 Å². The van der Waals surface area contributed by atoms with Crippen LogP contribution in [0, 0.1) is 5.92 Å². The van der Waals surface area contributed by atoms with Crippen molar-refractivity contribution >= 4 is 37.4 Å². The first kappa shape index (κ1) is 24.6. The number of benzene rings is 1. The normalized spacial score (nSPS) is 26.1. The Morgan fingerprint density at radius 1 is 1.17 bits per heavy atom. The fourth-order valence-corrected chi connectivity index (χ4v) is 6.68. The number of hydrogen-bond donors (Lipinski definition) is 3. The lowest BCUT2D eigenvalue weighted by Crippen LogP contribution is -2.55. The van der Waals surface area contributed by atoms with Crippen LogP contribution in [0.3, 0.4) is 0 Å². The van der Waals surface area contributed by atoms with Crippen molar-refractivity contribution < 1.29 is 14.3 Å². The number of nitrogens with one attached hydrogen (secondary N) is 3. The Bertz CT molecular complexity index is 1090. The van der Waals surface area contributed by atoms with Gasteiger partial charge in [0.2, 0.25) is 5.91 Å². The standard InChI is InChI=1S/C27H39N4O3P/c1-27(2,3)34-26(33)30-23(16-7-5-4-6-8-16)25(32)31-12-11-21-24(31)20(15-28-21)19-14-29-22-13-17(35)9-10-18(19)22/h9-10,13-14,16,20-21,23-24,28-29H,4-8,11-12,15,35H2,1-3H3,(H,30,33)/t20-,21?,23?,24-/m1/s1. The summed E-state index contributed by atoms with van der Waals surface area (Å²) in [4.78, 5) is 32.4. The van der Waals surface area contributed by atoms with Crippen LogP contribution < -0.4 is 15.9 Å². The van der Waals surface area contributed by atoms with Crippen molar-refractivity contribution in [3.8, 4) is 0 Å². The highest BCUT2D eigenvalue weighted by Gasteiger charge is 2.49. The topological polar surface area (TPSA) is 86.5 Å². The molecule has 5 rings (SSSR count). The van der Waals surface area contributed by atoms with E-state index in [4.69, 9.17) is 4.74 Å². The zero-order valence-corrected chi connectivity index (χ0v) is 22.3. The summed E-state index contributed by atoms with van der Waals surface area (Å²) in [6, 6.07) is 6.27. The Hall–Kier alpha value is -2.11. The zero-order valence-electron chi connectivity index (χ0n) is 21.1. The van der Waals surface area contributed by atoms with E-state index in [1.807, 2.05) is 20.8 Å². The lowest BCUT2D eigenvalue weighted by molar-refractivity contribution is -0.136. The molecule has 2 saturated heterocycles. The maximum Gasteiger partial charge on any atom is 0.408 e. The first-order valence-electron chi connectivity index (χ1n) is 13.1. The largest absolute Gasteiger partial charge is 0.444 e. The lowest BCUT2D eigenvalue weighted by Gasteiger charge is -2.36. The third-order valence-corrected chi connectivity index (χ3v) is 8.30. The molecule has 3 fully saturated rings. The molecule has 3 heterocycles. The number of fused-ring (bicyclic) bond motifs is 2. The minimum Gasteiger partial charge on any atom is -0.444 e. The van der Waals surface area contributed by atoms with Gasteiger partial charge in [-0.1, -0.05) is 31.4 Å². The predicted octanol–water partition coefficient (Wildman–Crippen LogP) is 3.80. The highest BCUT2D eigenvalue weighted by molar-refractivity contribution is 7.27. The van der Waals surface area contributed by atoms with Crippen LogP contribution in [0.1, 0.15) is 70.8 Å². The molecular formula is C27H39N4O3P. The van der Waals surface area contributed by atoms with Crippen LogP contribution in [-0.4, -0.2) is 58.7 Å². The quantitative estimate of drug-likeness (QED) is 0.560. The molecule has 2 aromatic rings. The molecule has 7 nitrogen and oxygen atoms in total. The summed E-state index contributed by atoms with van der Waals surface area (Å²) in [6.45, 7) is 7.12. The van der Waals surface area contributed by atoms with Crippen molar-refractivity contribution in [3.05, 3.63) is 30.0 Å². The van der Waals surface area contributed by atoms with E-state index >= 15 is 0 Å². The third-order valence-electron chi connectivity index (χ3n) is 7.95. The summed E-state index contributed by atoms with van der Waals surface area (Å²) in [6.07, 6.45) is 7.90. The van der Waals surface area contributed by atoms with E-state index < -0.39 is 17.7 Å². The number of carbonyl (C=O) groups excluding carboxylic acids is 2. The van der Waals surface area contributed by atoms with Gasteiger partial charge in [-0.3, -0.25) is 4.79 Å². The molecule has 35 heavy (non-hydrogen) atoms. The van der Waals surface area contributed by atoms with Crippen molar-refractivity contribution in [2.45, 2.75) is 88.9 Å². The van der Waals surface area contributed by atoms with Crippen molar-refractivity contribution in [1.82, 2.24) is 20.5 Å². The molecule has 5 atom stereocenters. The molecule has 0 spiro atoms. The number of amides is 2. The third kappa shape index (κ3) is 5.08. The van der Waals surface area contributed by atoms with Crippen LogP contribution in [0.2, 0.25) is 0 Å². The van der Waals surface area contributed by atoms with Gasteiger partial charge in [-0.05, 0) is 62.9 Å². The number of hydrogen-bond acceptors (Lipinski definition) is 4. The van der Waals surface area contributed by atoms with Gasteiger partial charge in [-0.15, -0.1) is 9.24 Å². The molecule has 0 radical (unpaired) electrons. The van der Waals surface area contributed by atoms with Gasteiger partial charge in [0.05, 0.1) is 6.04 Å². The molecule has 1 aliphatic carbocycles. The van der Waals surface area contributed by atoms with Gasteiger partial charge < -0.3 is 25.3 Å². The van der Waals surface area contributed by atoms with Crippen LogP contribution in [0.25, 0.3) is 10.9 Å². The molecule has 190 valence electrons. The Morgan fingerprint density at radius 3 is 2.69 bits per heavy atom. The minimum absolute atomic E-state index is 0.0519. The van der Waals surface area contributed by atoms with Crippen molar-refractivity contribution in [1.29, 1.82) is 0 Å². The molecule has 8 heteroatoms. The van der Waals surface area contributed by atoms with E-state index in [9.17, 15) is 9.59 Å². The highest BCUT2D eigenvalue weighted by atomic mass is 31.0. The molecule has 1 aromatic heterocycles. The first-order chi connectivity index (χ1) is 16.7. The van der Waals surface area contributed by atoms with Gasteiger partial charge in [0.15, 0.2) is 0 Å². The average Bonchev–Trinajstić information content (AvgIpc) is 3.51. The van der Waals surface area contributed by atoms with E-state index in [0.29, 0.717) is 0 Å². The van der Waals surface area contributed by atoms with Crippen LogP contribution in [-0.2, 0) is 9.53 Å². The number of ether oxygens (including phenoxy) is 1. The number of aromatic nitrogens is 1. The van der Waals surface area contributed by atoms with E-state index in [1.165, 1.54) is 17.4 Å². The first-order valence-corrected chi connectivity index (χ1v) is 13.7. The van der Waals surface area contributed by atoms with Crippen molar-refractivity contribution in [3.63, 3.8) is 0 Å². The number of aromatic amines is 1. The SMILES string of the molecule is CC(C)(C)OC(=O)NC(C(=O)N1CCC2NC[C@H](c3c[nH]c4cc(P)ccc34)[C@H]21)C1CCCCC1. The monoisotopic (exact) mass is 498 g/mol. The average molecular weight is 499 g/mol. The van der Waals surface area contributed by atoms with E-state index in [1.54, 1.807) is 0 Å². The number of nitrogens with zero attached hydrogens (tertiary/aromatic N) is 1. The minimum atomic E-state index is -0.602. The number of carbonyl (C=O) groups is 2. The molecular weight excluding hydrogens is 459 g/mol. The van der Waals surface area contributed by atoms with Gasteiger partial charge in [0.1, 0.15) is 11.6 Å². The Morgan fingerprint density at radius 2 is 1.94 bits per heavy atom. The van der Waals surface area contributed by atoms with Gasteiger partial charge in [-0.25, -0.2) is 4.79 Å². The Labute approximate surface area is 210 Å². The summed E-state index contributed by atoms with van der Waals surface area (Å²) in [5, 5.41) is 9.06. The number of H-pyrrole nitrogens is 1. The number of rotatable bonds is 4. The summed E-state index contributed by atoms with van der Waals surface area (Å²) in [5.41, 5.74) is 1.79. The summed E-state index contributed by atoms with van der Waals surface area (Å²) in [7, 11) is 2.75. The maximum atomic E-state index is 14.1. The van der Waals surface area contributed by atoms with Gasteiger partial charge in [0.25, 0.3) is 0 Å². The molecule has 2 aliphatic heterocycles. The fourth-order valence-electron chi connectivity index (χ4n) is 6.42. The van der Waals surface area contributed by atoms with E-state index in [0.717, 1.165) is 56.0 Å². The molecule has 3 unspecified atom stereocenters. The molecule has 1 aromatic carbocycles. The van der Waals surface area contributed by atoms with Crippen LogP contribution in [0.15, 0.2) is 24.4 Å². The number of alkyl carbamates (subject to hydrolysis) is 1. The van der Waals surface area contributed by atoms with Gasteiger partial charge in [0, 0.05) is 42.1 Å². The second kappa shape index (κ2) is 9.74. The fraction of sp³-hybridized carbons (Fsp3) is 0.630. The predicted molar refractivity (Wildman–Crippen MR) is 142 cm³/mol. The van der Waals surface area contributed by atoms with Gasteiger partial charge in [-0.2, -0.15) is 0 Å². The molecule has 3 N–H and O–H groups in total. The lowest BCUT2D eigenvalue weighted by atomic mass is 9.83. The summed E-state index contributed by atoms with van der Waals surface area (Å²) in [5.74, 6) is 0.421. The molecule has 2 amide bonds. The number of likely N-dealkylation sites (tertiary alicyclic amines) is 1. The van der Waals surface area contributed by atoms with Crippen molar-refractivity contribution in [2.24, 2.45) is 5.92 Å². The maximum absolute atomic E-state index is 14.1. The highest BCUT2D eigenvalue weighted by Crippen LogP contribution is 2.39. The van der Waals surface area contributed by atoms with Crippen molar-refractivity contribution in [2.75, 3.05) is 13.1 Å². The smallest absolute Gasteiger partial charge is 0.408 e. The Kier molecular flexibility index (Phi) is 6.84. The Balaban J connectivity index is 1.41. The molecule has 1 saturated carbocycles. The summed E-state index contributed by atoms with van der Waals surface area (Å²) < 4.78 is 5.56. The van der Waals surface area contributed by atoms with Gasteiger partial charge >= 0.3 is 6.09 Å². The molecule has 0 bridgehead atoms. The van der Waals surface area contributed by atoms with Crippen LogP contribution in [0.4, 0.5) is 4.79 Å². The summed E-state index contributed by atoms with van der Waals surface area (Å²) >= 11 is 0. The second-order valence-corrected chi connectivity index (χ2v) is 12.2. The van der Waals surface area contributed by atoms with E-state index in [-0.39, 0.29) is 29.8 Å². The second-order valence-electron chi connectivity index (χ2n) is 11.5. The van der Waals surface area contributed by atoms with E-state index in [2.05, 4.69) is 54.2 Å². The zero-order chi connectivity index (χ0) is 24.7. The molecule has 3 aliphatic rings.